The molecule has 31 heavy (non-hydrogen) atoms. The minimum absolute atomic E-state index is 0.0164. The van der Waals surface area contributed by atoms with E-state index >= 15 is 0 Å². The lowest BCUT2D eigenvalue weighted by Crippen LogP contribution is -2.36. The topological polar surface area (TPSA) is 99.7 Å². The Labute approximate surface area is 181 Å². The summed E-state index contributed by atoms with van der Waals surface area (Å²) in [5.74, 6) is 0.216. The van der Waals surface area contributed by atoms with Gasteiger partial charge in [0.15, 0.2) is 5.82 Å². The SMILES string of the molecule is Cc1ccc(N2CC(C(=O)NCCNc3cc(N4CCOCC4)cnn3)CC2=O)cc1. The highest BCUT2D eigenvalue weighted by Crippen LogP contribution is 2.25. The van der Waals surface area contributed by atoms with Crippen molar-refractivity contribution in [2.75, 3.05) is 61.1 Å². The van der Waals surface area contributed by atoms with Crippen molar-refractivity contribution in [2.24, 2.45) is 5.92 Å². The minimum Gasteiger partial charge on any atom is -0.378 e. The Morgan fingerprint density at radius 3 is 2.71 bits per heavy atom. The Morgan fingerprint density at radius 1 is 1.16 bits per heavy atom. The van der Waals surface area contributed by atoms with Crippen molar-refractivity contribution in [1.29, 1.82) is 0 Å². The van der Waals surface area contributed by atoms with Gasteiger partial charge >= 0.3 is 0 Å². The van der Waals surface area contributed by atoms with E-state index in [1.807, 2.05) is 37.3 Å². The molecule has 1 aromatic carbocycles. The summed E-state index contributed by atoms with van der Waals surface area (Å²) >= 11 is 0. The predicted molar refractivity (Wildman–Crippen MR) is 118 cm³/mol. The first kappa shape index (κ1) is 21.0. The number of ether oxygens (including phenoxy) is 1. The Kier molecular flexibility index (Phi) is 6.61. The summed E-state index contributed by atoms with van der Waals surface area (Å²) in [4.78, 5) is 28.8. The highest BCUT2D eigenvalue weighted by Gasteiger charge is 2.34. The van der Waals surface area contributed by atoms with Crippen LogP contribution in [-0.2, 0) is 14.3 Å². The summed E-state index contributed by atoms with van der Waals surface area (Å²) in [6.07, 6.45) is 1.98. The highest BCUT2D eigenvalue weighted by atomic mass is 16.5. The molecule has 2 aliphatic rings. The van der Waals surface area contributed by atoms with E-state index < -0.39 is 0 Å². The third-order valence-corrected chi connectivity index (χ3v) is 5.59. The minimum atomic E-state index is -0.335. The summed E-state index contributed by atoms with van der Waals surface area (Å²) in [5.41, 5.74) is 2.98. The second-order valence-corrected chi connectivity index (χ2v) is 7.86. The smallest absolute Gasteiger partial charge is 0.227 e. The fraction of sp³-hybridized carbons (Fsp3) is 0.455. The molecule has 164 valence electrons. The predicted octanol–water partition coefficient (Wildman–Crippen LogP) is 1.20. The molecule has 4 rings (SSSR count). The van der Waals surface area contributed by atoms with E-state index in [-0.39, 0.29) is 24.2 Å². The lowest BCUT2D eigenvalue weighted by atomic mass is 10.1. The van der Waals surface area contributed by atoms with Crippen LogP contribution in [0, 0.1) is 12.8 Å². The van der Waals surface area contributed by atoms with Gasteiger partial charge < -0.3 is 25.2 Å². The third kappa shape index (κ3) is 5.29. The molecular formula is C22H28N6O3. The Morgan fingerprint density at radius 2 is 1.94 bits per heavy atom. The van der Waals surface area contributed by atoms with Crippen LogP contribution in [0.15, 0.2) is 36.5 Å². The van der Waals surface area contributed by atoms with Gasteiger partial charge in [-0.15, -0.1) is 5.10 Å². The maximum Gasteiger partial charge on any atom is 0.227 e. The molecule has 0 radical (unpaired) electrons. The zero-order chi connectivity index (χ0) is 21.6. The van der Waals surface area contributed by atoms with Crippen molar-refractivity contribution in [3.63, 3.8) is 0 Å². The molecule has 2 aliphatic heterocycles. The molecule has 1 aromatic heterocycles. The monoisotopic (exact) mass is 424 g/mol. The molecule has 0 aliphatic carbocycles. The normalized spacial score (nSPS) is 18.9. The molecule has 9 nitrogen and oxygen atoms in total. The number of amides is 2. The number of hydrogen-bond donors (Lipinski definition) is 2. The number of nitrogens with one attached hydrogen (secondary N) is 2. The number of aromatic nitrogens is 2. The zero-order valence-corrected chi connectivity index (χ0v) is 17.7. The van der Waals surface area contributed by atoms with Crippen molar-refractivity contribution < 1.29 is 14.3 Å². The van der Waals surface area contributed by atoms with Gasteiger partial charge in [0.1, 0.15) is 0 Å². The van der Waals surface area contributed by atoms with Crippen LogP contribution < -0.4 is 20.4 Å². The fourth-order valence-electron chi connectivity index (χ4n) is 3.82. The van der Waals surface area contributed by atoms with Gasteiger partial charge in [-0.25, -0.2) is 0 Å². The number of morpholine rings is 1. The lowest BCUT2D eigenvalue weighted by Gasteiger charge is -2.28. The second-order valence-electron chi connectivity index (χ2n) is 7.86. The molecule has 9 heteroatoms. The average Bonchev–Trinajstić information content (AvgIpc) is 3.19. The first-order valence-electron chi connectivity index (χ1n) is 10.6. The van der Waals surface area contributed by atoms with E-state index in [2.05, 4.69) is 25.7 Å². The number of benzene rings is 1. The number of anilines is 3. The van der Waals surface area contributed by atoms with Crippen molar-refractivity contribution in [2.45, 2.75) is 13.3 Å². The molecule has 0 saturated carbocycles. The van der Waals surface area contributed by atoms with Crippen molar-refractivity contribution in [3.8, 4) is 0 Å². The molecule has 2 amide bonds. The second kappa shape index (κ2) is 9.74. The molecule has 0 bridgehead atoms. The van der Waals surface area contributed by atoms with Gasteiger partial charge in [0.25, 0.3) is 0 Å². The van der Waals surface area contributed by atoms with Crippen LogP contribution >= 0.6 is 0 Å². The van der Waals surface area contributed by atoms with Crippen LogP contribution in [0.5, 0.6) is 0 Å². The van der Waals surface area contributed by atoms with Crippen molar-refractivity contribution in [3.05, 3.63) is 42.1 Å². The largest absolute Gasteiger partial charge is 0.378 e. The maximum absolute atomic E-state index is 12.5. The summed E-state index contributed by atoms with van der Waals surface area (Å²) in [6.45, 7) is 6.47. The number of aryl methyl sites for hydroxylation is 1. The van der Waals surface area contributed by atoms with E-state index in [0.29, 0.717) is 38.7 Å². The molecule has 2 saturated heterocycles. The van der Waals surface area contributed by atoms with Crippen LogP contribution in [-0.4, -0.2) is 67.9 Å². The summed E-state index contributed by atoms with van der Waals surface area (Å²) < 4.78 is 5.38. The van der Waals surface area contributed by atoms with Gasteiger partial charge in [-0.05, 0) is 19.1 Å². The van der Waals surface area contributed by atoms with Crippen molar-refractivity contribution in [1.82, 2.24) is 15.5 Å². The average molecular weight is 425 g/mol. The Bertz CT molecular complexity index is 914. The van der Waals surface area contributed by atoms with Crippen LogP contribution in [0.1, 0.15) is 12.0 Å². The van der Waals surface area contributed by atoms with E-state index in [1.54, 1.807) is 11.1 Å². The van der Waals surface area contributed by atoms with Gasteiger partial charge in [-0.3, -0.25) is 9.59 Å². The maximum atomic E-state index is 12.5. The lowest BCUT2D eigenvalue weighted by molar-refractivity contribution is -0.126. The summed E-state index contributed by atoms with van der Waals surface area (Å²) in [7, 11) is 0. The van der Waals surface area contributed by atoms with E-state index in [9.17, 15) is 9.59 Å². The number of rotatable bonds is 7. The number of carbonyl (C=O) groups is 2. The summed E-state index contributed by atoms with van der Waals surface area (Å²) in [6, 6.07) is 9.74. The Balaban J connectivity index is 1.23. The summed E-state index contributed by atoms with van der Waals surface area (Å²) in [5, 5.41) is 14.3. The molecular weight excluding hydrogens is 396 g/mol. The van der Waals surface area contributed by atoms with Gasteiger partial charge in [0, 0.05) is 50.9 Å². The van der Waals surface area contributed by atoms with Crippen LogP contribution in [0.2, 0.25) is 0 Å². The van der Waals surface area contributed by atoms with Gasteiger partial charge in [-0.2, -0.15) is 5.10 Å². The molecule has 1 unspecified atom stereocenters. The van der Waals surface area contributed by atoms with Gasteiger partial charge in [0.05, 0.1) is 31.0 Å². The van der Waals surface area contributed by atoms with E-state index in [0.717, 1.165) is 30.0 Å². The molecule has 0 spiro atoms. The van der Waals surface area contributed by atoms with Crippen LogP contribution in [0.4, 0.5) is 17.2 Å². The number of carbonyl (C=O) groups excluding carboxylic acids is 2. The first-order chi connectivity index (χ1) is 15.1. The van der Waals surface area contributed by atoms with Gasteiger partial charge in [0.2, 0.25) is 11.8 Å². The van der Waals surface area contributed by atoms with Crippen LogP contribution in [0.3, 0.4) is 0 Å². The Hall–Kier alpha value is -3.20. The quantitative estimate of drug-likeness (QED) is 0.645. The van der Waals surface area contributed by atoms with E-state index in [4.69, 9.17) is 4.74 Å². The zero-order valence-electron chi connectivity index (χ0n) is 17.7. The fourth-order valence-corrected chi connectivity index (χ4v) is 3.82. The van der Waals surface area contributed by atoms with Crippen molar-refractivity contribution >= 4 is 29.0 Å². The third-order valence-electron chi connectivity index (χ3n) is 5.59. The van der Waals surface area contributed by atoms with Crippen LogP contribution in [0.25, 0.3) is 0 Å². The standard InChI is InChI=1S/C22H28N6O3/c1-16-2-4-18(5-3-16)28-15-17(12-21(28)29)22(30)24-7-6-23-20-13-19(14-25-26-20)27-8-10-31-11-9-27/h2-5,13-14,17H,6-12,15H2,1H3,(H,23,26)(H,24,30). The molecule has 1 atom stereocenters. The molecule has 3 heterocycles. The van der Waals surface area contributed by atoms with Gasteiger partial charge in [-0.1, -0.05) is 17.7 Å². The molecule has 2 fully saturated rings. The first-order valence-corrected chi connectivity index (χ1v) is 10.6. The molecule has 2 N–H and O–H groups in total. The van der Waals surface area contributed by atoms with E-state index in [1.165, 1.54) is 0 Å². The number of hydrogen-bond acceptors (Lipinski definition) is 7. The molecule has 2 aromatic rings. The highest BCUT2D eigenvalue weighted by molar-refractivity contribution is 6.00. The number of nitrogens with zero attached hydrogens (tertiary/aromatic N) is 4.